The molecule has 0 spiro atoms. The molecule has 14 heavy (non-hydrogen) atoms. The highest BCUT2D eigenvalue weighted by molar-refractivity contribution is 6.07. The summed E-state index contributed by atoms with van der Waals surface area (Å²) in [7, 11) is 0. The van der Waals surface area contributed by atoms with Crippen LogP contribution in [0.3, 0.4) is 0 Å². The van der Waals surface area contributed by atoms with E-state index in [1.807, 2.05) is 6.07 Å². The summed E-state index contributed by atoms with van der Waals surface area (Å²) in [4.78, 5) is 15.2. The Labute approximate surface area is 80.5 Å². The van der Waals surface area contributed by atoms with Gasteiger partial charge in [0, 0.05) is 17.3 Å². The number of hydrogen-bond donors (Lipinski definition) is 2. The SMILES string of the molecule is NC(=O)c1ccc(N)c2cccnc12. The van der Waals surface area contributed by atoms with Crippen LogP contribution < -0.4 is 11.5 Å². The molecule has 2 aromatic rings. The van der Waals surface area contributed by atoms with E-state index in [4.69, 9.17) is 11.5 Å². The molecule has 4 N–H and O–H groups in total. The molecule has 0 fully saturated rings. The van der Waals surface area contributed by atoms with Gasteiger partial charge in [-0.05, 0) is 24.3 Å². The number of primary amides is 1. The first-order chi connectivity index (χ1) is 6.70. The van der Waals surface area contributed by atoms with E-state index in [1.54, 1.807) is 24.4 Å². The summed E-state index contributed by atoms with van der Waals surface area (Å²) >= 11 is 0. The van der Waals surface area contributed by atoms with Crippen molar-refractivity contribution in [2.75, 3.05) is 5.73 Å². The molecule has 0 unspecified atom stereocenters. The molecule has 0 radical (unpaired) electrons. The third kappa shape index (κ3) is 1.17. The Kier molecular flexibility index (Phi) is 1.81. The van der Waals surface area contributed by atoms with E-state index < -0.39 is 5.91 Å². The second-order valence-corrected chi connectivity index (χ2v) is 2.97. The van der Waals surface area contributed by atoms with Crippen LogP contribution in [0, 0.1) is 0 Å². The van der Waals surface area contributed by atoms with Gasteiger partial charge in [-0.15, -0.1) is 0 Å². The smallest absolute Gasteiger partial charge is 0.250 e. The molecule has 70 valence electrons. The zero-order valence-corrected chi connectivity index (χ0v) is 7.40. The molecule has 2 rings (SSSR count). The molecular weight excluding hydrogens is 178 g/mol. The summed E-state index contributed by atoms with van der Waals surface area (Å²) in [6.45, 7) is 0. The van der Waals surface area contributed by atoms with Crippen LogP contribution in [0.25, 0.3) is 10.9 Å². The zero-order chi connectivity index (χ0) is 10.1. The first-order valence-electron chi connectivity index (χ1n) is 4.13. The fourth-order valence-corrected chi connectivity index (χ4v) is 1.39. The van der Waals surface area contributed by atoms with Crippen molar-refractivity contribution >= 4 is 22.5 Å². The number of nitrogens with zero attached hydrogens (tertiary/aromatic N) is 1. The van der Waals surface area contributed by atoms with Crippen molar-refractivity contribution in [1.29, 1.82) is 0 Å². The van der Waals surface area contributed by atoms with Crippen LogP contribution in [0.4, 0.5) is 5.69 Å². The average molecular weight is 187 g/mol. The van der Waals surface area contributed by atoms with Gasteiger partial charge in [0.15, 0.2) is 0 Å². The minimum absolute atomic E-state index is 0.398. The Balaban J connectivity index is 2.88. The van der Waals surface area contributed by atoms with Crippen molar-refractivity contribution < 1.29 is 4.79 Å². The molecule has 0 aliphatic carbocycles. The number of rotatable bonds is 1. The Morgan fingerprint density at radius 1 is 1.29 bits per heavy atom. The number of pyridine rings is 1. The summed E-state index contributed by atoms with van der Waals surface area (Å²) in [6.07, 6.45) is 1.61. The average Bonchev–Trinajstić information content (AvgIpc) is 2.18. The van der Waals surface area contributed by atoms with E-state index in [2.05, 4.69) is 4.98 Å². The number of aromatic nitrogens is 1. The molecule has 0 atom stereocenters. The number of carbonyl (C=O) groups is 1. The van der Waals surface area contributed by atoms with Crippen LogP contribution >= 0.6 is 0 Å². The highest BCUT2D eigenvalue weighted by Gasteiger charge is 2.08. The van der Waals surface area contributed by atoms with E-state index in [9.17, 15) is 4.79 Å². The van der Waals surface area contributed by atoms with Crippen LogP contribution in [0.2, 0.25) is 0 Å². The lowest BCUT2D eigenvalue weighted by Crippen LogP contribution is -2.12. The van der Waals surface area contributed by atoms with Gasteiger partial charge in [-0.3, -0.25) is 9.78 Å². The Morgan fingerprint density at radius 3 is 2.79 bits per heavy atom. The molecule has 0 bridgehead atoms. The number of carbonyl (C=O) groups excluding carboxylic acids is 1. The topological polar surface area (TPSA) is 82.0 Å². The van der Waals surface area contributed by atoms with Gasteiger partial charge < -0.3 is 11.5 Å². The van der Waals surface area contributed by atoms with Crippen LogP contribution in [-0.4, -0.2) is 10.9 Å². The maximum atomic E-state index is 11.1. The number of anilines is 1. The minimum atomic E-state index is -0.492. The van der Waals surface area contributed by atoms with Crippen molar-refractivity contribution in [1.82, 2.24) is 4.98 Å². The molecule has 0 aliphatic heterocycles. The number of nitrogen functional groups attached to an aromatic ring is 1. The fourth-order valence-electron chi connectivity index (χ4n) is 1.39. The van der Waals surface area contributed by atoms with Crippen molar-refractivity contribution in [3.63, 3.8) is 0 Å². The van der Waals surface area contributed by atoms with Crippen molar-refractivity contribution in [2.24, 2.45) is 5.73 Å². The predicted molar refractivity (Wildman–Crippen MR) is 54.7 cm³/mol. The molecular formula is C10H9N3O. The lowest BCUT2D eigenvalue weighted by molar-refractivity contribution is 0.100. The maximum absolute atomic E-state index is 11.1. The lowest BCUT2D eigenvalue weighted by atomic mass is 10.1. The van der Waals surface area contributed by atoms with E-state index in [1.165, 1.54) is 0 Å². The summed E-state index contributed by atoms with van der Waals surface area (Å²) < 4.78 is 0. The highest BCUT2D eigenvalue weighted by atomic mass is 16.1. The predicted octanol–water partition coefficient (Wildman–Crippen LogP) is 0.916. The van der Waals surface area contributed by atoms with E-state index in [-0.39, 0.29) is 0 Å². The molecule has 0 saturated carbocycles. The third-order valence-corrected chi connectivity index (χ3v) is 2.07. The quantitative estimate of drug-likeness (QED) is 0.651. The van der Waals surface area contributed by atoms with Gasteiger partial charge in [0.25, 0.3) is 5.91 Å². The van der Waals surface area contributed by atoms with Gasteiger partial charge in [0.2, 0.25) is 0 Å². The largest absolute Gasteiger partial charge is 0.398 e. The monoisotopic (exact) mass is 187 g/mol. The standard InChI is InChI=1S/C10H9N3O/c11-8-4-3-7(10(12)14)9-6(8)2-1-5-13-9/h1-5H,11H2,(H2,12,14). The number of nitrogens with two attached hydrogens (primary N) is 2. The number of amides is 1. The minimum Gasteiger partial charge on any atom is -0.398 e. The first-order valence-corrected chi connectivity index (χ1v) is 4.13. The fraction of sp³-hybridized carbons (Fsp3) is 0. The van der Waals surface area contributed by atoms with Gasteiger partial charge in [-0.1, -0.05) is 0 Å². The normalized spacial score (nSPS) is 10.3. The first kappa shape index (κ1) is 8.50. The number of fused-ring (bicyclic) bond motifs is 1. The molecule has 1 aromatic carbocycles. The Morgan fingerprint density at radius 2 is 2.07 bits per heavy atom. The number of hydrogen-bond acceptors (Lipinski definition) is 3. The van der Waals surface area contributed by atoms with Crippen LogP contribution in [-0.2, 0) is 0 Å². The zero-order valence-electron chi connectivity index (χ0n) is 7.40. The molecule has 1 amide bonds. The van der Waals surface area contributed by atoms with E-state index in [0.717, 1.165) is 5.39 Å². The van der Waals surface area contributed by atoms with Gasteiger partial charge >= 0.3 is 0 Å². The summed E-state index contributed by atoms with van der Waals surface area (Å²) in [6, 6.07) is 6.82. The van der Waals surface area contributed by atoms with Gasteiger partial charge in [-0.2, -0.15) is 0 Å². The Hall–Kier alpha value is -2.10. The van der Waals surface area contributed by atoms with Crippen LogP contribution in [0.1, 0.15) is 10.4 Å². The van der Waals surface area contributed by atoms with Crippen LogP contribution in [0.5, 0.6) is 0 Å². The second-order valence-electron chi connectivity index (χ2n) is 2.97. The van der Waals surface area contributed by atoms with Crippen molar-refractivity contribution in [2.45, 2.75) is 0 Å². The summed E-state index contributed by atoms with van der Waals surface area (Å²) in [5, 5.41) is 0.754. The molecule has 0 aliphatic rings. The lowest BCUT2D eigenvalue weighted by Gasteiger charge is -2.04. The molecule has 4 heteroatoms. The van der Waals surface area contributed by atoms with Gasteiger partial charge in [0.1, 0.15) is 0 Å². The van der Waals surface area contributed by atoms with Gasteiger partial charge in [-0.25, -0.2) is 0 Å². The molecule has 0 saturated heterocycles. The van der Waals surface area contributed by atoms with Crippen molar-refractivity contribution in [3.8, 4) is 0 Å². The van der Waals surface area contributed by atoms with Gasteiger partial charge in [0.05, 0.1) is 11.1 Å². The third-order valence-electron chi connectivity index (χ3n) is 2.07. The van der Waals surface area contributed by atoms with E-state index >= 15 is 0 Å². The van der Waals surface area contributed by atoms with E-state index in [0.29, 0.717) is 16.8 Å². The molecule has 1 heterocycles. The second kappa shape index (κ2) is 2.99. The Bertz CT molecular complexity index is 508. The molecule has 4 nitrogen and oxygen atoms in total. The summed E-state index contributed by atoms with van der Waals surface area (Å²) in [5.74, 6) is -0.492. The van der Waals surface area contributed by atoms with Crippen molar-refractivity contribution in [3.05, 3.63) is 36.0 Å². The maximum Gasteiger partial charge on any atom is 0.250 e. The summed E-state index contributed by atoms with van der Waals surface area (Å²) in [5.41, 5.74) is 12.5. The molecule has 1 aromatic heterocycles. The van der Waals surface area contributed by atoms with Crippen LogP contribution in [0.15, 0.2) is 30.5 Å². The number of benzene rings is 1. The highest BCUT2D eigenvalue weighted by Crippen LogP contribution is 2.21.